The first kappa shape index (κ1) is 32.2. The smallest absolute Gasteiger partial charge is 0.497 e. The van der Waals surface area contributed by atoms with Gasteiger partial charge in [-0.05, 0) is 51.4 Å². The third-order valence-electron chi connectivity index (χ3n) is 6.27. The predicted molar refractivity (Wildman–Crippen MR) is 163 cm³/mol. The molecule has 0 aliphatic heterocycles. The number of thiocarbonyl (C=S) groups is 2. The molecule has 0 heterocycles. The van der Waals surface area contributed by atoms with Crippen LogP contribution < -0.4 is 73.3 Å². The summed E-state index contributed by atoms with van der Waals surface area (Å²) >= 11 is 20.8. The minimum absolute atomic E-state index is 0. The molecule has 5 aromatic carbocycles. The van der Waals surface area contributed by atoms with Crippen LogP contribution in [0.1, 0.15) is 22.6 Å². The summed E-state index contributed by atoms with van der Waals surface area (Å²) in [6.45, 7) is 0. The van der Waals surface area contributed by atoms with Crippen LogP contribution in [0.3, 0.4) is 0 Å². The fourth-order valence-corrected chi connectivity index (χ4v) is 5.14. The topological polar surface area (TPSA) is 27.7 Å². The number of hydrogen-bond donors (Lipinski definition) is 0. The molecule has 0 unspecified atom stereocenters. The van der Waals surface area contributed by atoms with Gasteiger partial charge >= 0.3 is 59.1 Å². The van der Waals surface area contributed by atoms with E-state index in [1.165, 1.54) is 0 Å². The molecule has 0 N–H and O–H groups in total. The number of methoxy groups -OCH3 is 1. The molecule has 0 saturated carbocycles. The zero-order valence-electron chi connectivity index (χ0n) is 21.7. The minimum Gasteiger partial charge on any atom is -0.497 e. The van der Waals surface area contributed by atoms with E-state index >= 15 is 0 Å². The van der Waals surface area contributed by atoms with Gasteiger partial charge in [0.05, 0.1) is 7.11 Å². The fourth-order valence-electron chi connectivity index (χ4n) is 4.78. The Hall–Kier alpha value is -1.36. The average molecular weight is 603 g/mol. The van der Waals surface area contributed by atoms with Crippen molar-refractivity contribution in [3.05, 3.63) is 114 Å². The molecule has 0 saturated heterocycles. The van der Waals surface area contributed by atoms with Crippen molar-refractivity contribution in [1.82, 2.24) is 0 Å². The Bertz CT molecular complexity index is 1540. The van der Waals surface area contributed by atoms with Gasteiger partial charge in [0, 0.05) is 25.8 Å². The monoisotopic (exact) mass is 602 g/mol. The van der Waals surface area contributed by atoms with Gasteiger partial charge in [-0.25, -0.2) is 0 Å². The van der Waals surface area contributed by atoms with Crippen molar-refractivity contribution in [3.63, 3.8) is 0 Å². The molecule has 0 bridgehead atoms. The van der Waals surface area contributed by atoms with Crippen LogP contribution in [-0.2, 0) is 25.3 Å². The van der Waals surface area contributed by atoms with Crippen LogP contribution in [0.4, 0.5) is 0 Å². The maximum absolute atomic E-state index is 5.99. The first-order chi connectivity index (χ1) is 18.0. The fraction of sp³-hybridized carbons (Fsp3) is 0.0667. The van der Waals surface area contributed by atoms with Crippen molar-refractivity contribution in [2.45, 2.75) is 5.92 Å². The Morgan fingerprint density at radius 2 is 1.05 bits per heavy atom. The molecule has 0 spiro atoms. The Morgan fingerprint density at radius 1 is 0.615 bits per heavy atom. The maximum Gasteiger partial charge on any atom is 1.00 e. The van der Waals surface area contributed by atoms with Crippen LogP contribution >= 0.6 is 24.4 Å². The number of ether oxygens (including phenoxy) is 3. The molecule has 3 nitrogen and oxygen atoms in total. The van der Waals surface area contributed by atoms with E-state index in [2.05, 4.69) is 24.3 Å². The summed E-state index contributed by atoms with van der Waals surface area (Å²) in [5, 5.41) is 4.12. The van der Waals surface area contributed by atoms with E-state index in [1.807, 2.05) is 72.8 Å². The van der Waals surface area contributed by atoms with E-state index in [0.717, 1.165) is 44.0 Å². The van der Waals surface area contributed by atoms with Crippen molar-refractivity contribution in [3.8, 4) is 17.2 Å². The summed E-state index contributed by atoms with van der Waals surface area (Å²) in [5.41, 5.74) is 2.81. The van der Waals surface area contributed by atoms with Crippen LogP contribution in [0.5, 0.6) is 17.2 Å². The van der Waals surface area contributed by atoms with Gasteiger partial charge in [-0.3, -0.25) is 0 Å². The summed E-state index contributed by atoms with van der Waals surface area (Å²) in [6, 6.07) is 32.1. The van der Waals surface area contributed by atoms with Crippen molar-refractivity contribution in [2.75, 3.05) is 7.11 Å². The molecule has 5 aromatic rings. The molecular weight excluding hydrogens is 583 g/mol. The van der Waals surface area contributed by atoms with Gasteiger partial charge in [-0.1, -0.05) is 72.8 Å². The average Bonchev–Trinajstić information content (AvgIpc) is 2.90. The van der Waals surface area contributed by atoms with E-state index in [0.29, 0.717) is 11.5 Å². The minimum atomic E-state index is -0.346. The van der Waals surface area contributed by atoms with Gasteiger partial charge in [0.1, 0.15) is 17.2 Å². The molecule has 0 atom stereocenters. The van der Waals surface area contributed by atoms with Gasteiger partial charge in [0.15, 0.2) is 0 Å². The van der Waals surface area contributed by atoms with Gasteiger partial charge in [0.25, 0.3) is 0 Å². The number of hydrogen-bond acceptors (Lipinski definition) is 7. The Labute approximate surface area is 294 Å². The normalized spacial score (nSPS) is 10.4. The molecule has 0 aliphatic carbocycles. The van der Waals surface area contributed by atoms with Gasteiger partial charge < -0.3 is 63.9 Å². The molecule has 0 aromatic heterocycles. The third kappa shape index (κ3) is 7.11. The number of fused-ring (bicyclic) bond motifs is 2. The number of benzene rings is 5. The van der Waals surface area contributed by atoms with Crippen molar-refractivity contribution in [1.29, 1.82) is 0 Å². The van der Waals surface area contributed by atoms with E-state index < -0.39 is 0 Å². The molecule has 39 heavy (non-hydrogen) atoms. The Morgan fingerprint density at radius 3 is 1.46 bits per heavy atom. The second kappa shape index (κ2) is 14.5. The van der Waals surface area contributed by atoms with Crippen molar-refractivity contribution >= 4 is 80.0 Å². The Balaban J connectivity index is 0.00000210. The summed E-state index contributed by atoms with van der Waals surface area (Å²) < 4.78 is 17.5. The predicted octanol–water partition coefficient (Wildman–Crippen LogP) is 1.61. The van der Waals surface area contributed by atoms with E-state index in [9.17, 15) is 0 Å². The summed E-state index contributed by atoms with van der Waals surface area (Å²) in [4.78, 5) is 0. The van der Waals surface area contributed by atoms with Crippen LogP contribution in [0, 0.1) is 0 Å². The molecule has 184 valence electrons. The molecule has 9 heteroatoms. The quantitative estimate of drug-likeness (QED) is 0.126. The second-order valence-corrected chi connectivity index (χ2v) is 10.3. The molecule has 0 radical (unpaired) electrons. The molecule has 0 amide bonds. The largest absolute Gasteiger partial charge is 1.00 e. The number of rotatable bonds is 6. The SMILES string of the molecule is COc1ccc(C(c2c(OC(=S)[S-])ccc3ccccc23)c2c(OC(=S)[S-])ccc3ccccc23)cc1.[Na+].[Na+]. The standard InChI is InChI=1S/C30H22O3S4.2Na/c1-31-21-14-10-20(11-15-21)26(27-22-8-4-2-6-18(22)12-16-24(27)32-29(34)35)28-23-9-5-3-7-19(23)13-17-25(28)33-30(36)37;;/h2-17,26H,1H3,(H,34,35)(H,36,37);;/q;2*+1/p-2. The van der Waals surface area contributed by atoms with Crippen LogP contribution in [0.2, 0.25) is 0 Å². The molecule has 5 rings (SSSR count). The first-order valence-corrected chi connectivity index (χ1v) is 13.0. The van der Waals surface area contributed by atoms with Crippen LogP contribution in [0.25, 0.3) is 21.5 Å². The maximum atomic E-state index is 5.99. The first-order valence-electron chi connectivity index (χ1n) is 11.4. The van der Waals surface area contributed by atoms with Gasteiger partial charge in [-0.2, -0.15) is 0 Å². The second-order valence-electron chi connectivity index (χ2n) is 8.31. The summed E-state index contributed by atoms with van der Waals surface area (Å²) in [6.07, 6.45) is 0. The molecule has 0 fully saturated rings. The Kier molecular flexibility index (Phi) is 12.0. The molecule has 0 aliphatic rings. The third-order valence-corrected chi connectivity index (χ3v) is 6.61. The zero-order valence-corrected chi connectivity index (χ0v) is 28.9. The van der Waals surface area contributed by atoms with Crippen molar-refractivity contribution < 1.29 is 73.3 Å². The van der Waals surface area contributed by atoms with E-state index in [-0.39, 0.29) is 73.8 Å². The van der Waals surface area contributed by atoms with Crippen LogP contribution in [0.15, 0.2) is 97.1 Å². The summed E-state index contributed by atoms with van der Waals surface area (Å²) in [5.74, 6) is 1.57. The van der Waals surface area contributed by atoms with Crippen LogP contribution in [-0.4, -0.2) is 15.9 Å². The van der Waals surface area contributed by atoms with Gasteiger partial charge in [-0.15, -0.1) is 0 Å². The van der Waals surface area contributed by atoms with Gasteiger partial charge in [0.2, 0.25) is 0 Å². The molecular formula is C30H20Na2O3S4. The summed E-state index contributed by atoms with van der Waals surface area (Å²) in [7, 11) is 1.65. The van der Waals surface area contributed by atoms with E-state index in [4.69, 9.17) is 63.9 Å². The zero-order chi connectivity index (χ0) is 25.9. The van der Waals surface area contributed by atoms with E-state index in [1.54, 1.807) is 7.11 Å². The van der Waals surface area contributed by atoms with Crippen molar-refractivity contribution in [2.24, 2.45) is 0 Å².